The Morgan fingerprint density at radius 2 is 2.04 bits per heavy atom. The van der Waals surface area contributed by atoms with Crippen LogP contribution in [0.4, 0.5) is 4.39 Å². The lowest BCUT2D eigenvalue weighted by Gasteiger charge is -2.35. The van der Waals surface area contributed by atoms with Gasteiger partial charge in [0.05, 0.1) is 11.6 Å². The van der Waals surface area contributed by atoms with Crippen molar-refractivity contribution in [2.75, 3.05) is 13.1 Å². The average molecular weight is 329 g/mol. The van der Waals surface area contributed by atoms with E-state index in [4.69, 9.17) is 5.26 Å². The summed E-state index contributed by atoms with van der Waals surface area (Å²) in [5, 5.41) is 8.86. The smallest absolute Gasteiger partial charge is 0.222 e. The number of carbonyl (C=O) groups excluding carboxylic acids is 1. The molecule has 0 aromatic heterocycles. The predicted molar refractivity (Wildman–Crippen MR) is 89.6 cm³/mol. The molecule has 0 bridgehead atoms. The van der Waals surface area contributed by atoms with E-state index in [0.29, 0.717) is 30.1 Å². The molecule has 2 atom stereocenters. The van der Waals surface area contributed by atoms with E-state index in [1.807, 2.05) is 17.9 Å². The highest BCUT2D eigenvalue weighted by atomic mass is 19.1. The Bertz CT molecular complexity index is 655. The van der Waals surface area contributed by atoms with Crippen LogP contribution in [0.25, 0.3) is 0 Å². The predicted octanol–water partition coefficient (Wildman–Crippen LogP) is 3.06. The summed E-state index contributed by atoms with van der Waals surface area (Å²) in [5.74, 6) is -0.0819. The maximum Gasteiger partial charge on any atom is 0.222 e. The van der Waals surface area contributed by atoms with E-state index in [2.05, 4.69) is 4.90 Å². The van der Waals surface area contributed by atoms with Gasteiger partial charge in [0.15, 0.2) is 0 Å². The number of likely N-dealkylation sites (tertiary alicyclic amines) is 2. The van der Waals surface area contributed by atoms with Gasteiger partial charge in [-0.05, 0) is 44.4 Å². The van der Waals surface area contributed by atoms with Crippen LogP contribution in [0, 0.1) is 17.1 Å². The number of carbonyl (C=O) groups is 1. The van der Waals surface area contributed by atoms with Crippen molar-refractivity contribution in [3.8, 4) is 6.07 Å². The molecule has 0 spiro atoms. The topological polar surface area (TPSA) is 47.3 Å². The van der Waals surface area contributed by atoms with Crippen LogP contribution in [-0.4, -0.2) is 40.9 Å². The van der Waals surface area contributed by atoms with Crippen LogP contribution >= 0.6 is 0 Å². The lowest BCUT2D eigenvalue weighted by Crippen LogP contribution is -2.47. The highest BCUT2D eigenvalue weighted by molar-refractivity contribution is 5.76. The standard InChI is InChI=1S/C19H24FN3O/c1-2-19(24)23-10-4-6-18(23)17-5-3-9-22(17)13-15-8-7-14(12-21)11-16(15)20/h7-8,11,17-18H,2-6,9-10,13H2,1H3/t17-,18-/m0/s1. The zero-order valence-electron chi connectivity index (χ0n) is 14.2. The van der Waals surface area contributed by atoms with Crippen LogP contribution in [0.5, 0.6) is 0 Å². The second-order valence-electron chi connectivity index (χ2n) is 6.75. The third kappa shape index (κ3) is 3.29. The molecule has 0 radical (unpaired) electrons. The number of hydrogen-bond donors (Lipinski definition) is 0. The van der Waals surface area contributed by atoms with E-state index in [-0.39, 0.29) is 17.8 Å². The van der Waals surface area contributed by atoms with E-state index in [1.54, 1.807) is 12.1 Å². The second kappa shape index (κ2) is 7.31. The maximum absolute atomic E-state index is 14.2. The van der Waals surface area contributed by atoms with Gasteiger partial charge >= 0.3 is 0 Å². The first kappa shape index (κ1) is 16.9. The number of nitrogens with zero attached hydrogens (tertiary/aromatic N) is 3. The molecule has 1 aromatic carbocycles. The molecule has 0 unspecified atom stereocenters. The van der Waals surface area contributed by atoms with Gasteiger partial charge in [-0.3, -0.25) is 9.69 Å². The summed E-state index contributed by atoms with van der Waals surface area (Å²) < 4.78 is 14.2. The van der Waals surface area contributed by atoms with Crippen molar-refractivity contribution in [2.45, 2.75) is 57.7 Å². The summed E-state index contributed by atoms with van der Waals surface area (Å²) >= 11 is 0. The van der Waals surface area contributed by atoms with Crippen LogP contribution in [0.15, 0.2) is 18.2 Å². The van der Waals surface area contributed by atoms with Gasteiger partial charge in [-0.2, -0.15) is 5.26 Å². The molecule has 0 N–H and O–H groups in total. The van der Waals surface area contributed by atoms with E-state index in [9.17, 15) is 9.18 Å². The van der Waals surface area contributed by atoms with Crippen LogP contribution in [0.3, 0.4) is 0 Å². The molecule has 5 heteroatoms. The maximum atomic E-state index is 14.2. The summed E-state index contributed by atoms with van der Waals surface area (Å²) in [6.45, 7) is 4.25. The fourth-order valence-electron chi connectivity index (χ4n) is 4.15. The zero-order chi connectivity index (χ0) is 17.1. The molecule has 2 heterocycles. The molecule has 128 valence electrons. The Kier molecular flexibility index (Phi) is 5.15. The summed E-state index contributed by atoms with van der Waals surface area (Å²) in [7, 11) is 0. The molecule has 2 aliphatic heterocycles. The second-order valence-corrected chi connectivity index (χ2v) is 6.75. The highest BCUT2D eigenvalue weighted by Gasteiger charge is 2.39. The number of rotatable bonds is 4. The normalized spacial score (nSPS) is 24.3. The molecular formula is C19H24FN3O. The quantitative estimate of drug-likeness (QED) is 0.853. The molecule has 1 aromatic rings. The lowest BCUT2D eigenvalue weighted by atomic mass is 10.0. The number of halogens is 1. The minimum absolute atomic E-state index is 0.230. The summed E-state index contributed by atoms with van der Waals surface area (Å²) in [4.78, 5) is 16.5. The van der Waals surface area contributed by atoms with Crippen LogP contribution < -0.4 is 0 Å². The average Bonchev–Trinajstić information content (AvgIpc) is 3.24. The van der Waals surface area contributed by atoms with Crippen molar-refractivity contribution in [3.63, 3.8) is 0 Å². The molecule has 0 saturated carbocycles. The molecule has 4 nitrogen and oxygen atoms in total. The van der Waals surface area contributed by atoms with E-state index < -0.39 is 0 Å². The van der Waals surface area contributed by atoms with Gasteiger partial charge < -0.3 is 4.90 Å². The fraction of sp³-hybridized carbons (Fsp3) is 0.579. The summed E-state index contributed by atoms with van der Waals surface area (Å²) in [5.41, 5.74) is 0.983. The fourth-order valence-corrected chi connectivity index (χ4v) is 4.15. The molecule has 2 aliphatic rings. The van der Waals surface area contributed by atoms with Crippen molar-refractivity contribution in [1.29, 1.82) is 5.26 Å². The molecule has 3 rings (SSSR count). The van der Waals surface area contributed by atoms with Crippen LogP contribution in [0.2, 0.25) is 0 Å². The van der Waals surface area contributed by atoms with Crippen LogP contribution in [0.1, 0.15) is 50.2 Å². The Morgan fingerprint density at radius 1 is 1.29 bits per heavy atom. The van der Waals surface area contributed by atoms with Crippen LogP contribution in [-0.2, 0) is 11.3 Å². The Labute approximate surface area is 142 Å². The van der Waals surface area contributed by atoms with Gasteiger partial charge in [0.25, 0.3) is 0 Å². The molecule has 2 saturated heterocycles. The van der Waals surface area contributed by atoms with E-state index in [1.165, 1.54) is 6.07 Å². The Hall–Kier alpha value is -1.93. The van der Waals surface area contributed by atoms with Gasteiger partial charge in [-0.1, -0.05) is 13.0 Å². The van der Waals surface area contributed by atoms with Gasteiger partial charge in [0, 0.05) is 37.2 Å². The highest BCUT2D eigenvalue weighted by Crippen LogP contribution is 2.31. The first-order valence-electron chi connectivity index (χ1n) is 8.86. The third-order valence-corrected chi connectivity index (χ3v) is 5.34. The largest absolute Gasteiger partial charge is 0.338 e. The Morgan fingerprint density at radius 3 is 2.75 bits per heavy atom. The third-order valence-electron chi connectivity index (χ3n) is 5.34. The van der Waals surface area contributed by atoms with Crippen molar-refractivity contribution >= 4 is 5.91 Å². The van der Waals surface area contributed by atoms with Gasteiger partial charge in [-0.25, -0.2) is 4.39 Å². The SMILES string of the molecule is CCC(=O)N1CCC[C@H]1[C@@H]1CCCN1Cc1ccc(C#N)cc1F. The van der Waals surface area contributed by atoms with Crippen molar-refractivity contribution < 1.29 is 9.18 Å². The van der Waals surface area contributed by atoms with Gasteiger partial charge in [-0.15, -0.1) is 0 Å². The zero-order valence-corrected chi connectivity index (χ0v) is 14.2. The number of benzene rings is 1. The minimum Gasteiger partial charge on any atom is -0.338 e. The Balaban J connectivity index is 1.74. The van der Waals surface area contributed by atoms with Gasteiger partial charge in [0.1, 0.15) is 5.82 Å². The van der Waals surface area contributed by atoms with E-state index >= 15 is 0 Å². The molecular weight excluding hydrogens is 305 g/mol. The van der Waals surface area contributed by atoms with Gasteiger partial charge in [0.2, 0.25) is 5.91 Å². The molecule has 0 aliphatic carbocycles. The summed E-state index contributed by atoms with van der Waals surface area (Å²) in [6, 6.07) is 7.25. The number of hydrogen-bond acceptors (Lipinski definition) is 3. The van der Waals surface area contributed by atoms with Crippen molar-refractivity contribution in [1.82, 2.24) is 9.80 Å². The van der Waals surface area contributed by atoms with Crippen molar-refractivity contribution in [2.24, 2.45) is 0 Å². The summed E-state index contributed by atoms with van der Waals surface area (Å²) in [6.07, 6.45) is 4.81. The number of nitriles is 1. The number of amides is 1. The first-order chi connectivity index (χ1) is 11.6. The van der Waals surface area contributed by atoms with Crippen molar-refractivity contribution in [3.05, 3.63) is 35.1 Å². The van der Waals surface area contributed by atoms with E-state index in [0.717, 1.165) is 38.8 Å². The minimum atomic E-state index is -0.312. The molecule has 24 heavy (non-hydrogen) atoms. The monoisotopic (exact) mass is 329 g/mol. The lowest BCUT2D eigenvalue weighted by molar-refractivity contribution is -0.132. The first-order valence-corrected chi connectivity index (χ1v) is 8.86. The molecule has 1 amide bonds. The molecule has 2 fully saturated rings.